The van der Waals surface area contributed by atoms with Crippen molar-refractivity contribution in [3.8, 4) is 22.3 Å². The molecule has 4 nitrogen and oxygen atoms in total. The summed E-state index contributed by atoms with van der Waals surface area (Å²) in [5, 5.41) is 8.97. The van der Waals surface area contributed by atoms with Gasteiger partial charge in [0.1, 0.15) is 27.9 Å². The van der Waals surface area contributed by atoms with Crippen molar-refractivity contribution in [3.63, 3.8) is 0 Å². The molecule has 3 aromatic heterocycles. The molecule has 0 amide bonds. The summed E-state index contributed by atoms with van der Waals surface area (Å²) in [5.74, 6) is 0. The first-order valence-corrected chi connectivity index (χ1v) is 18.9. The van der Waals surface area contributed by atoms with Crippen LogP contribution in [0.2, 0.25) is 0 Å². The third-order valence-electron chi connectivity index (χ3n) is 11.3. The largest absolute Gasteiger partial charge is 0.456 e. The van der Waals surface area contributed by atoms with E-state index in [4.69, 9.17) is 13.3 Å². The topological polar surface area (TPSA) is 42.7 Å². The van der Waals surface area contributed by atoms with Crippen molar-refractivity contribution in [2.45, 2.75) is 0 Å². The number of fused-ring (bicyclic) bond motifs is 11. The van der Waals surface area contributed by atoms with Crippen LogP contribution in [-0.2, 0) is 0 Å². The van der Waals surface area contributed by atoms with Gasteiger partial charge in [-0.25, -0.2) is 0 Å². The Balaban J connectivity index is 1.01. The van der Waals surface area contributed by atoms with Gasteiger partial charge in [0.15, 0.2) is 5.58 Å². The van der Waals surface area contributed by atoms with Crippen LogP contribution < -0.4 is 4.90 Å². The van der Waals surface area contributed by atoms with Crippen LogP contribution >= 0.6 is 0 Å². The fraction of sp³-hybridized carbons (Fsp3) is 0. The fourth-order valence-electron chi connectivity index (χ4n) is 8.73. The molecular formula is C52H31NO3. The van der Waals surface area contributed by atoms with Gasteiger partial charge in [0, 0.05) is 49.1 Å². The molecule has 56 heavy (non-hydrogen) atoms. The summed E-state index contributed by atoms with van der Waals surface area (Å²) < 4.78 is 19.4. The molecule has 12 aromatic rings. The molecule has 0 unspecified atom stereocenters. The molecule has 0 saturated carbocycles. The number of benzene rings is 9. The summed E-state index contributed by atoms with van der Waals surface area (Å²) >= 11 is 0. The van der Waals surface area contributed by atoms with Gasteiger partial charge in [-0.15, -0.1) is 0 Å². The van der Waals surface area contributed by atoms with Crippen LogP contribution in [0.25, 0.3) is 98.8 Å². The molecule has 262 valence electrons. The zero-order valence-corrected chi connectivity index (χ0v) is 30.1. The highest BCUT2D eigenvalue weighted by Gasteiger charge is 2.21. The normalized spacial score (nSPS) is 11.9. The molecule has 0 radical (unpaired) electrons. The lowest BCUT2D eigenvalue weighted by Gasteiger charge is -2.26. The van der Waals surface area contributed by atoms with Crippen LogP contribution in [0.4, 0.5) is 17.1 Å². The molecule has 0 spiro atoms. The molecule has 0 aliphatic heterocycles. The number of para-hydroxylation sites is 3. The van der Waals surface area contributed by atoms with Gasteiger partial charge in [-0.2, -0.15) is 0 Å². The molecule has 0 atom stereocenters. The quantitative estimate of drug-likeness (QED) is 0.178. The lowest BCUT2D eigenvalue weighted by atomic mass is 9.97. The highest BCUT2D eigenvalue weighted by atomic mass is 16.3. The van der Waals surface area contributed by atoms with E-state index < -0.39 is 0 Å². The van der Waals surface area contributed by atoms with Crippen molar-refractivity contribution in [2.24, 2.45) is 0 Å². The minimum absolute atomic E-state index is 0.846. The predicted octanol–water partition coefficient (Wildman–Crippen LogP) is 15.3. The highest BCUT2D eigenvalue weighted by Crippen LogP contribution is 2.45. The van der Waals surface area contributed by atoms with Gasteiger partial charge in [0.25, 0.3) is 0 Å². The Morgan fingerprint density at radius 2 is 0.821 bits per heavy atom. The standard InChI is InChI=1S/C52H31NO3/c1-2-11-39-32(10-1)26-31-43-50-38(15-9-21-48(50)56-51(39)43)34-24-29-36(30-25-34)53(44-17-7-16-41-40-12-3-5-18-45(40)55-52(41)44)35-27-22-33(23-28-35)37-14-8-20-47-49(37)42-13-4-6-19-46(42)54-47/h1-31H. The molecule has 3 heterocycles. The summed E-state index contributed by atoms with van der Waals surface area (Å²) in [6.45, 7) is 0. The molecule has 12 rings (SSSR count). The summed E-state index contributed by atoms with van der Waals surface area (Å²) in [4.78, 5) is 2.30. The van der Waals surface area contributed by atoms with Gasteiger partial charge >= 0.3 is 0 Å². The van der Waals surface area contributed by atoms with Gasteiger partial charge in [-0.05, 0) is 88.3 Å². The Bertz CT molecular complexity index is 3470. The van der Waals surface area contributed by atoms with Crippen LogP contribution in [0.15, 0.2) is 201 Å². The third-order valence-corrected chi connectivity index (χ3v) is 11.3. The molecule has 0 aliphatic carbocycles. The fourth-order valence-corrected chi connectivity index (χ4v) is 8.73. The van der Waals surface area contributed by atoms with Gasteiger partial charge in [0.05, 0.1) is 5.69 Å². The smallest absolute Gasteiger partial charge is 0.159 e. The molecule has 9 aromatic carbocycles. The highest BCUT2D eigenvalue weighted by molar-refractivity contribution is 6.19. The van der Waals surface area contributed by atoms with Crippen molar-refractivity contribution in [2.75, 3.05) is 4.90 Å². The van der Waals surface area contributed by atoms with E-state index in [2.05, 4.69) is 163 Å². The number of furan rings is 3. The zero-order chi connectivity index (χ0) is 36.7. The average Bonchev–Trinajstić information content (AvgIpc) is 3.96. The van der Waals surface area contributed by atoms with Crippen molar-refractivity contribution in [1.82, 2.24) is 0 Å². The van der Waals surface area contributed by atoms with Gasteiger partial charge in [0.2, 0.25) is 0 Å². The maximum atomic E-state index is 6.62. The first-order valence-electron chi connectivity index (χ1n) is 18.9. The second kappa shape index (κ2) is 12.0. The minimum Gasteiger partial charge on any atom is -0.456 e. The van der Waals surface area contributed by atoms with E-state index in [0.717, 1.165) is 111 Å². The Morgan fingerprint density at radius 3 is 1.54 bits per heavy atom. The second-order valence-electron chi connectivity index (χ2n) is 14.4. The average molecular weight is 718 g/mol. The molecular weight excluding hydrogens is 687 g/mol. The molecule has 0 fully saturated rings. The molecule has 0 bridgehead atoms. The first kappa shape index (κ1) is 30.9. The Morgan fingerprint density at radius 1 is 0.304 bits per heavy atom. The van der Waals surface area contributed by atoms with Gasteiger partial charge in [-0.1, -0.05) is 127 Å². The van der Waals surface area contributed by atoms with Crippen molar-refractivity contribution in [3.05, 3.63) is 188 Å². The Kier molecular flexibility index (Phi) is 6.60. The van der Waals surface area contributed by atoms with Crippen LogP contribution in [-0.4, -0.2) is 0 Å². The van der Waals surface area contributed by atoms with E-state index in [-0.39, 0.29) is 0 Å². The maximum Gasteiger partial charge on any atom is 0.159 e. The van der Waals surface area contributed by atoms with E-state index in [9.17, 15) is 0 Å². The lowest BCUT2D eigenvalue weighted by molar-refractivity contribution is 0.668. The summed E-state index contributed by atoms with van der Waals surface area (Å²) in [6, 6.07) is 66.0. The summed E-state index contributed by atoms with van der Waals surface area (Å²) in [5.41, 5.74) is 12.8. The molecule has 0 aliphatic rings. The number of rotatable bonds is 5. The zero-order valence-electron chi connectivity index (χ0n) is 30.1. The van der Waals surface area contributed by atoms with Crippen LogP contribution in [0.5, 0.6) is 0 Å². The molecule has 0 N–H and O–H groups in total. The number of nitrogens with zero attached hydrogens (tertiary/aromatic N) is 1. The summed E-state index contributed by atoms with van der Waals surface area (Å²) in [6.07, 6.45) is 0. The Hall–Kier alpha value is -7.56. The minimum atomic E-state index is 0.846. The number of anilines is 3. The second-order valence-corrected chi connectivity index (χ2v) is 14.4. The number of hydrogen-bond acceptors (Lipinski definition) is 4. The van der Waals surface area contributed by atoms with Crippen molar-refractivity contribution < 1.29 is 13.3 Å². The monoisotopic (exact) mass is 717 g/mol. The van der Waals surface area contributed by atoms with Crippen LogP contribution in [0.1, 0.15) is 0 Å². The van der Waals surface area contributed by atoms with Crippen molar-refractivity contribution in [1.29, 1.82) is 0 Å². The molecule has 0 saturated heterocycles. The van der Waals surface area contributed by atoms with E-state index in [1.165, 1.54) is 5.39 Å². The number of hydrogen-bond donors (Lipinski definition) is 0. The SMILES string of the molecule is c1ccc2c(c1)ccc1c2oc2cccc(-c3ccc(N(c4ccc(-c5cccc6oc7ccccc7c56)cc4)c4cccc5c4oc4ccccc45)cc3)c21. The third kappa shape index (κ3) is 4.60. The van der Waals surface area contributed by atoms with Crippen LogP contribution in [0.3, 0.4) is 0 Å². The van der Waals surface area contributed by atoms with E-state index in [1.54, 1.807) is 0 Å². The first-order chi connectivity index (χ1) is 27.8. The summed E-state index contributed by atoms with van der Waals surface area (Å²) in [7, 11) is 0. The maximum absolute atomic E-state index is 6.62. The van der Waals surface area contributed by atoms with E-state index >= 15 is 0 Å². The van der Waals surface area contributed by atoms with E-state index in [0.29, 0.717) is 0 Å². The predicted molar refractivity (Wildman–Crippen MR) is 231 cm³/mol. The van der Waals surface area contributed by atoms with Gasteiger partial charge < -0.3 is 18.2 Å². The van der Waals surface area contributed by atoms with Crippen LogP contribution in [0, 0.1) is 0 Å². The Labute approximate surface area is 321 Å². The van der Waals surface area contributed by atoms with Crippen molar-refractivity contribution >= 4 is 93.7 Å². The van der Waals surface area contributed by atoms with E-state index in [1.807, 2.05) is 30.3 Å². The lowest BCUT2D eigenvalue weighted by Crippen LogP contribution is -2.10. The van der Waals surface area contributed by atoms with Gasteiger partial charge in [-0.3, -0.25) is 0 Å². The molecule has 4 heteroatoms.